The Kier molecular flexibility index (Phi) is 5.05. The van der Waals surface area contributed by atoms with Gasteiger partial charge in [0.25, 0.3) is 0 Å². The van der Waals surface area contributed by atoms with Crippen LogP contribution in [0.15, 0.2) is 53.6 Å². The van der Waals surface area contributed by atoms with Gasteiger partial charge < -0.3 is 9.47 Å². The lowest BCUT2D eigenvalue weighted by Gasteiger charge is -2.20. The largest absolute Gasteiger partial charge is 0.483 e. The van der Waals surface area contributed by atoms with Crippen molar-refractivity contribution in [2.75, 3.05) is 5.43 Å². The van der Waals surface area contributed by atoms with Crippen molar-refractivity contribution in [2.45, 2.75) is 33.0 Å². The van der Waals surface area contributed by atoms with Crippen molar-refractivity contribution in [3.8, 4) is 5.75 Å². The molecule has 0 radical (unpaired) electrons. The standard InChI is InChI=1S/C17H20N2O4/c1-17(2,3)23-16(21)18-19-10-9-14(20)15(11-19)22-12-13-7-5-4-6-8-13/h4-11H,12H2,1-3H3,(H,18,21). The van der Waals surface area contributed by atoms with Crippen LogP contribution >= 0.6 is 0 Å². The van der Waals surface area contributed by atoms with Crippen LogP contribution in [0.5, 0.6) is 5.75 Å². The maximum atomic E-state index is 11.8. The third kappa shape index (κ3) is 5.50. The molecule has 0 saturated carbocycles. The average Bonchev–Trinajstić information content (AvgIpc) is 2.47. The summed E-state index contributed by atoms with van der Waals surface area (Å²) >= 11 is 0. The van der Waals surface area contributed by atoms with E-state index in [-0.39, 0.29) is 17.8 Å². The molecule has 0 unspecified atom stereocenters. The molecule has 1 aromatic heterocycles. The van der Waals surface area contributed by atoms with Gasteiger partial charge >= 0.3 is 6.09 Å². The molecule has 6 heteroatoms. The van der Waals surface area contributed by atoms with Crippen molar-refractivity contribution in [3.63, 3.8) is 0 Å². The van der Waals surface area contributed by atoms with E-state index in [1.54, 1.807) is 20.8 Å². The van der Waals surface area contributed by atoms with Gasteiger partial charge in [-0.25, -0.2) is 10.2 Å². The number of aromatic nitrogens is 1. The van der Waals surface area contributed by atoms with Crippen LogP contribution in [0, 0.1) is 0 Å². The summed E-state index contributed by atoms with van der Waals surface area (Å²) in [4.78, 5) is 23.6. The number of nitrogens with zero attached hydrogens (tertiary/aromatic N) is 1. The molecule has 0 aliphatic heterocycles. The number of hydrogen-bond acceptors (Lipinski definition) is 4. The molecule has 122 valence electrons. The molecule has 2 rings (SSSR count). The molecule has 1 N–H and O–H groups in total. The number of nitrogens with one attached hydrogen (secondary N) is 1. The van der Waals surface area contributed by atoms with E-state index >= 15 is 0 Å². The Labute approximate surface area is 134 Å². The van der Waals surface area contributed by atoms with Crippen LogP contribution in [-0.2, 0) is 11.3 Å². The van der Waals surface area contributed by atoms with Gasteiger partial charge in [0.15, 0.2) is 5.75 Å². The van der Waals surface area contributed by atoms with Gasteiger partial charge in [0, 0.05) is 12.3 Å². The van der Waals surface area contributed by atoms with Crippen LogP contribution in [0.25, 0.3) is 0 Å². The molecular weight excluding hydrogens is 296 g/mol. The van der Waals surface area contributed by atoms with E-state index in [1.165, 1.54) is 23.1 Å². The van der Waals surface area contributed by atoms with E-state index in [1.807, 2.05) is 30.3 Å². The topological polar surface area (TPSA) is 69.6 Å². The minimum atomic E-state index is -0.616. The highest BCUT2D eigenvalue weighted by Gasteiger charge is 2.16. The lowest BCUT2D eigenvalue weighted by Crippen LogP contribution is -2.31. The Hall–Kier alpha value is -2.76. The minimum absolute atomic E-state index is 0.146. The summed E-state index contributed by atoms with van der Waals surface area (Å²) in [6, 6.07) is 10.8. The molecule has 0 fully saturated rings. The summed E-state index contributed by atoms with van der Waals surface area (Å²) in [5, 5.41) is 0. The molecule has 2 aromatic rings. The molecule has 0 aliphatic carbocycles. The molecule has 1 heterocycles. The minimum Gasteiger partial charge on any atom is -0.483 e. The second-order valence-electron chi connectivity index (χ2n) is 5.97. The van der Waals surface area contributed by atoms with E-state index < -0.39 is 11.7 Å². The van der Waals surface area contributed by atoms with Gasteiger partial charge in [-0.05, 0) is 26.3 Å². The number of hydrogen-bond donors (Lipinski definition) is 1. The Morgan fingerprint density at radius 2 is 1.87 bits per heavy atom. The summed E-state index contributed by atoms with van der Waals surface area (Å²) in [7, 11) is 0. The summed E-state index contributed by atoms with van der Waals surface area (Å²) in [6.07, 6.45) is 2.23. The average molecular weight is 316 g/mol. The van der Waals surface area contributed by atoms with E-state index in [4.69, 9.17) is 9.47 Å². The normalized spacial score (nSPS) is 10.9. The van der Waals surface area contributed by atoms with E-state index in [2.05, 4.69) is 5.43 Å². The first-order chi connectivity index (χ1) is 10.8. The molecule has 0 aliphatic rings. The number of benzene rings is 1. The van der Waals surface area contributed by atoms with Gasteiger partial charge in [-0.2, -0.15) is 0 Å². The zero-order valence-corrected chi connectivity index (χ0v) is 13.4. The number of pyridine rings is 1. The molecule has 0 atom stereocenters. The molecule has 0 bridgehead atoms. The zero-order chi connectivity index (χ0) is 16.9. The van der Waals surface area contributed by atoms with Gasteiger partial charge in [-0.15, -0.1) is 0 Å². The predicted molar refractivity (Wildman–Crippen MR) is 87.1 cm³/mol. The van der Waals surface area contributed by atoms with Crippen molar-refractivity contribution >= 4 is 6.09 Å². The number of rotatable bonds is 4. The van der Waals surface area contributed by atoms with Crippen LogP contribution in [0.4, 0.5) is 4.79 Å². The summed E-state index contributed by atoms with van der Waals surface area (Å²) in [5.74, 6) is 0.146. The van der Waals surface area contributed by atoms with Gasteiger partial charge in [0.05, 0.1) is 6.20 Å². The number of amides is 1. The Morgan fingerprint density at radius 3 is 2.52 bits per heavy atom. The van der Waals surface area contributed by atoms with E-state index in [0.717, 1.165) is 5.56 Å². The SMILES string of the molecule is CC(C)(C)OC(=O)Nn1ccc(=O)c(OCc2ccccc2)c1. The number of ether oxygens (including phenoxy) is 2. The Morgan fingerprint density at radius 1 is 1.17 bits per heavy atom. The maximum Gasteiger partial charge on any atom is 0.426 e. The quantitative estimate of drug-likeness (QED) is 0.941. The first-order valence-electron chi connectivity index (χ1n) is 7.22. The molecule has 23 heavy (non-hydrogen) atoms. The fourth-order valence-electron chi connectivity index (χ4n) is 1.78. The second-order valence-corrected chi connectivity index (χ2v) is 5.97. The zero-order valence-electron chi connectivity index (χ0n) is 13.4. The Bertz CT molecular complexity index is 717. The molecule has 6 nitrogen and oxygen atoms in total. The maximum absolute atomic E-state index is 11.8. The summed E-state index contributed by atoms with van der Waals surface area (Å²) < 4.78 is 12.0. The van der Waals surface area contributed by atoms with Crippen LogP contribution in [0.2, 0.25) is 0 Å². The number of carbonyl (C=O) groups excluding carboxylic acids is 1. The molecular formula is C17H20N2O4. The molecule has 0 saturated heterocycles. The third-order valence-corrected chi connectivity index (χ3v) is 2.74. The van der Waals surface area contributed by atoms with Gasteiger partial charge in [0.1, 0.15) is 12.2 Å². The second kappa shape index (κ2) is 7.00. The summed E-state index contributed by atoms with van der Waals surface area (Å²) in [6.45, 7) is 5.58. The highest BCUT2D eigenvalue weighted by molar-refractivity contribution is 5.76. The van der Waals surface area contributed by atoms with Crippen LogP contribution in [0.3, 0.4) is 0 Å². The summed E-state index contributed by atoms with van der Waals surface area (Å²) in [5.41, 5.74) is 2.59. The van der Waals surface area contributed by atoms with Crippen molar-refractivity contribution in [1.82, 2.24) is 4.68 Å². The smallest absolute Gasteiger partial charge is 0.426 e. The predicted octanol–water partition coefficient (Wildman–Crippen LogP) is 2.91. The first-order valence-corrected chi connectivity index (χ1v) is 7.22. The van der Waals surface area contributed by atoms with E-state index in [0.29, 0.717) is 0 Å². The highest BCUT2D eigenvalue weighted by Crippen LogP contribution is 2.09. The van der Waals surface area contributed by atoms with Crippen LogP contribution in [0.1, 0.15) is 26.3 Å². The van der Waals surface area contributed by atoms with Crippen molar-refractivity contribution in [2.24, 2.45) is 0 Å². The lowest BCUT2D eigenvalue weighted by atomic mass is 10.2. The molecule has 0 spiro atoms. The van der Waals surface area contributed by atoms with Crippen molar-refractivity contribution in [1.29, 1.82) is 0 Å². The molecule has 1 aromatic carbocycles. The van der Waals surface area contributed by atoms with Gasteiger partial charge in [-0.1, -0.05) is 30.3 Å². The molecule has 1 amide bonds. The van der Waals surface area contributed by atoms with Gasteiger partial charge in [-0.3, -0.25) is 9.47 Å². The fourth-order valence-corrected chi connectivity index (χ4v) is 1.78. The monoisotopic (exact) mass is 316 g/mol. The van der Waals surface area contributed by atoms with Crippen molar-refractivity contribution < 1.29 is 14.3 Å². The Balaban J connectivity index is 2.04. The highest BCUT2D eigenvalue weighted by atomic mass is 16.6. The van der Waals surface area contributed by atoms with Gasteiger partial charge in [0.2, 0.25) is 5.43 Å². The third-order valence-electron chi connectivity index (χ3n) is 2.74. The number of carbonyl (C=O) groups is 1. The fraction of sp³-hybridized carbons (Fsp3) is 0.294. The lowest BCUT2D eigenvalue weighted by molar-refractivity contribution is 0.0613. The van der Waals surface area contributed by atoms with Crippen molar-refractivity contribution in [3.05, 3.63) is 64.6 Å². The van der Waals surface area contributed by atoms with E-state index in [9.17, 15) is 9.59 Å². The van der Waals surface area contributed by atoms with Crippen LogP contribution < -0.4 is 15.6 Å². The van der Waals surface area contributed by atoms with Crippen LogP contribution in [-0.4, -0.2) is 16.4 Å². The first kappa shape index (κ1) is 16.6.